The lowest BCUT2D eigenvalue weighted by Crippen LogP contribution is -2.48. The molecule has 0 bridgehead atoms. The van der Waals surface area contributed by atoms with Crippen LogP contribution in [-0.4, -0.2) is 94.1 Å². The molecule has 9 nitrogen and oxygen atoms in total. The van der Waals surface area contributed by atoms with Gasteiger partial charge in [0, 0.05) is 70.1 Å². The molecule has 0 spiro atoms. The number of amides is 1. The quantitative estimate of drug-likeness (QED) is 0.417. The molecule has 204 valence electrons. The number of rotatable bonds is 9. The molecule has 3 heterocycles. The van der Waals surface area contributed by atoms with Crippen molar-refractivity contribution in [3.63, 3.8) is 0 Å². The third kappa shape index (κ3) is 6.30. The van der Waals surface area contributed by atoms with E-state index in [9.17, 15) is 13.2 Å². The number of aromatic nitrogens is 1. The van der Waals surface area contributed by atoms with Crippen LogP contribution in [0.2, 0.25) is 5.02 Å². The summed E-state index contributed by atoms with van der Waals surface area (Å²) in [6.07, 6.45) is 1.77. The molecule has 12 heteroatoms. The number of fused-ring (bicyclic) bond motifs is 1. The highest BCUT2D eigenvalue weighted by Gasteiger charge is 2.26. The number of nitrogens with zero attached hydrogens (tertiary/aromatic N) is 4. The first kappa shape index (κ1) is 27.3. The largest absolute Gasteiger partial charge is 0.377 e. The Hall–Kier alpha value is -2.28. The predicted molar refractivity (Wildman–Crippen MR) is 151 cm³/mol. The summed E-state index contributed by atoms with van der Waals surface area (Å²) in [5.41, 5.74) is 1.40. The molecule has 0 aliphatic carbocycles. The van der Waals surface area contributed by atoms with E-state index in [2.05, 4.69) is 15.1 Å². The van der Waals surface area contributed by atoms with Crippen molar-refractivity contribution in [3.05, 3.63) is 53.1 Å². The van der Waals surface area contributed by atoms with E-state index in [0.29, 0.717) is 25.3 Å². The van der Waals surface area contributed by atoms with Gasteiger partial charge in [-0.2, -0.15) is 4.31 Å². The molecule has 38 heavy (non-hydrogen) atoms. The molecule has 1 atom stereocenters. The fourth-order valence-electron chi connectivity index (χ4n) is 4.75. The number of thiazole rings is 1. The fourth-order valence-corrected chi connectivity index (χ4v) is 7.24. The number of halogens is 1. The highest BCUT2D eigenvalue weighted by Crippen LogP contribution is 2.31. The van der Waals surface area contributed by atoms with Crippen LogP contribution in [0.15, 0.2) is 47.4 Å². The maximum absolute atomic E-state index is 12.9. The van der Waals surface area contributed by atoms with Crippen LogP contribution >= 0.6 is 22.9 Å². The average Bonchev–Trinajstić information content (AvgIpc) is 3.58. The lowest BCUT2D eigenvalue weighted by atomic mass is 10.2. The van der Waals surface area contributed by atoms with Gasteiger partial charge in [-0.15, -0.1) is 0 Å². The van der Waals surface area contributed by atoms with Gasteiger partial charge >= 0.3 is 0 Å². The lowest BCUT2D eigenvalue weighted by Gasteiger charge is -2.34. The van der Waals surface area contributed by atoms with Gasteiger partial charge in [0.15, 0.2) is 5.13 Å². The summed E-state index contributed by atoms with van der Waals surface area (Å²) in [4.78, 5) is 22.1. The first-order valence-electron chi connectivity index (χ1n) is 12.8. The number of hydrogen-bond acceptors (Lipinski definition) is 8. The van der Waals surface area contributed by atoms with Crippen molar-refractivity contribution in [2.75, 3.05) is 64.4 Å². The number of ether oxygens (including phenoxy) is 1. The number of likely N-dealkylation sites (N-methyl/N-ethyl adjacent to an activating group) is 1. The van der Waals surface area contributed by atoms with Gasteiger partial charge in [-0.25, -0.2) is 13.4 Å². The number of sulfonamides is 1. The molecule has 2 aromatic carbocycles. The van der Waals surface area contributed by atoms with Crippen molar-refractivity contribution in [3.8, 4) is 0 Å². The molecule has 1 unspecified atom stereocenters. The molecule has 0 saturated carbocycles. The summed E-state index contributed by atoms with van der Waals surface area (Å²) >= 11 is 7.76. The van der Waals surface area contributed by atoms with Crippen LogP contribution in [0.5, 0.6) is 0 Å². The number of benzene rings is 2. The van der Waals surface area contributed by atoms with Gasteiger partial charge in [-0.05, 0) is 55.3 Å². The van der Waals surface area contributed by atoms with Crippen LogP contribution < -0.4 is 10.2 Å². The minimum Gasteiger partial charge on any atom is -0.377 e. The van der Waals surface area contributed by atoms with Gasteiger partial charge < -0.3 is 15.0 Å². The van der Waals surface area contributed by atoms with Gasteiger partial charge in [0.05, 0.1) is 21.2 Å². The summed E-state index contributed by atoms with van der Waals surface area (Å²) in [6, 6.07) is 11.9. The number of carbonyl (C=O) groups excluding carboxylic acids is 1. The van der Waals surface area contributed by atoms with Crippen LogP contribution in [0.3, 0.4) is 0 Å². The van der Waals surface area contributed by atoms with Crippen LogP contribution in [0.1, 0.15) is 23.2 Å². The first-order valence-corrected chi connectivity index (χ1v) is 15.4. The molecular formula is C26H32ClN5O4S2. The van der Waals surface area contributed by atoms with Crippen molar-refractivity contribution >= 4 is 54.2 Å². The van der Waals surface area contributed by atoms with E-state index in [1.165, 1.54) is 16.4 Å². The van der Waals surface area contributed by atoms with Crippen LogP contribution in [0.25, 0.3) is 10.2 Å². The molecule has 2 fully saturated rings. The predicted octanol–water partition coefficient (Wildman–Crippen LogP) is 3.30. The zero-order chi connectivity index (χ0) is 26.7. The highest BCUT2D eigenvalue weighted by molar-refractivity contribution is 7.89. The van der Waals surface area contributed by atoms with Gasteiger partial charge in [-0.3, -0.25) is 9.69 Å². The van der Waals surface area contributed by atoms with E-state index in [1.807, 2.05) is 18.2 Å². The van der Waals surface area contributed by atoms with Crippen LogP contribution in [-0.2, 0) is 14.8 Å². The Bertz CT molecular complexity index is 1370. The van der Waals surface area contributed by atoms with E-state index >= 15 is 0 Å². The molecule has 1 aromatic heterocycles. The normalized spacial score (nSPS) is 18.9. The minimum absolute atomic E-state index is 0.0603. The van der Waals surface area contributed by atoms with Crippen molar-refractivity contribution < 1.29 is 17.9 Å². The number of anilines is 1. The Morgan fingerprint density at radius 1 is 1.18 bits per heavy atom. The van der Waals surface area contributed by atoms with Crippen molar-refractivity contribution in [2.45, 2.75) is 23.8 Å². The number of carbonyl (C=O) groups is 1. The zero-order valence-corrected chi connectivity index (χ0v) is 23.7. The fraction of sp³-hybridized carbons (Fsp3) is 0.462. The molecule has 0 radical (unpaired) electrons. The first-order chi connectivity index (χ1) is 18.3. The highest BCUT2D eigenvalue weighted by atomic mass is 35.5. The summed E-state index contributed by atoms with van der Waals surface area (Å²) in [7, 11) is -2.07. The van der Waals surface area contributed by atoms with E-state index in [0.717, 1.165) is 65.9 Å². The summed E-state index contributed by atoms with van der Waals surface area (Å²) < 4.78 is 33.7. The third-order valence-electron chi connectivity index (χ3n) is 7.01. The SMILES string of the molecule is CN(CC1CCCO1)S(=O)(=O)c1ccc(C(=O)NCCN2CCN(c3nc4ccc(Cl)cc4s3)CC2)cc1. The third-order valence-corrected chi connectivity index (χ3v) is 10.2. The van der Waals surface area contributed by atoms with Gasteiger partial charge in [0.25, 0.3) is 5.91 Å². The molecule has 3 aromatic rings. The number of piperazine rings is 1. The van der Waals surface area contributed by atoms with Crippen LogP contribution in [0, 0.1) is 0 Å². The Labute approximate surface area is 232 Å². The van der Waals surface area contributed by atoms with E-state index in [4.69, 9.17) is 21.3 Å². The minimum atomic E-state index is -3.63. The topological polar surface area (TPSA) is 95.1 Å². The van der Waals surface area contributed by atoms with Crippen molar-refractivity contribution in [2.24, 2.45) is 0 Å². The number of hydrogen-bond donors (Lipinski definition) is 1. The Balaban J connectivity index is 1.07. The lowest BCUT2D eigenvalue weighted by molar-refractivity contribution is 0.0947. The second-order valence-electron chi connectivity index (χ2n) is 9.64. The van der Waals surface area contributed by atoms with Crippen molar-refractivity contribution in [1.29, 1.82) is 0 Å². The Kier molecular flexibility index (Phi) is 8.51. The standard InChI is InChI=1S/C26H32ClN5O4S2/c1-30(18-21-3-2-16-36-21)38(34,35)22-7-4-19(5-8-22)25(33)28-10-11-31-12-14-32(15-13-31)26-29-23-9-6-20(27)17-24(23)37-26/h4-9,17,21H,2-3,10-16,18H2,1H3,(H,28,33). The van der Waals surface area contributed by atoms with Gasteiger partial charge in [-0.1, -0.05) is 22.9 Å². The zero-order valence-electron chi connectivity index (χ0n) is 21.3. The Morgan fingerprint density at radius 2 is 1.95 bits per heavy atom. The second-order valence-corrected chi connectivity index (χ2v) is 13.1. The molecular weight excluding hydrogens is 546 g/mol. The van der Waals surface area contributed by atoms with Crippen LogP contribution in [0.4, 0.5) is 5.13 Å². The van der Waals surface area contributed by atoms with E-state index in [-0.39, 0.29) is 16.9 Å². The van der Waals surface area contributed by atoms with E-state index in [1.54, 1.807) is 30.5 Å². The summed E-state index contributed by atoms with van der Waals surface area (Å²) in [6.45, 7) is 5.79. The average molecular weight is 578 g/mol. The van der Waals surface area contributed by atoms with E-state index < -0.39 is 10.0 Å². The van der Waals surface area contributed by atoms with Crippen molar-refractivity contribution in [1.82, 2.24) is 19.5 Å². The summed E-state index contributed by atoms with van der Waals surface area (Å²) in [5.74, 6) is -0.214. The molecule has 1 amide bonds. The monoisotopic (exact) mass is 577 g/mol. The summed E-state index contributed by atoms with van der Waals surface area (Å²) in [5, 5.41) is 4.68. The molecule has 2 saturated heterocycles. The molecule has 5 rings (SSSR count). The Morgan fingerprint density at radius 3 is 2.66 bits per heavy atom. The maximum atomic E-state index is 12.9. The maximum Gasteiger partial charge on any atom is 0.251 e. The van der Waals surface area contributed by atoms with Gasteiger partial charge in [0.1, 0.15) is 0 Å². The van der Waals surface area contributed by atoms with Gasteiger partial charge in [0.2, 0.25) is 10.0 Å². The molecule has 2 aliphatic rings. The molecule has 2 aliphatic heterocycles. The molecule has 1 N–H and O–H groups in total. The second kappa shape index (κ2) is 11.8. The smallest absolute Gasteiger partial charge is 0.251 e. The number of nitrogens with one attached hydrogen (secondary N) is 1.